The minimum absolute atomic E-state index is 0.0909. The Morgan fingerprint density at radius 1 is 1.12 bits per heavy atom. The van der Waals surface area contributed by atoms with Gasteiger partial charge in [0.25, 0.3) is 11.6 Å². The van der Waals surface area contributed by atoms with E-state index in [1.165, 1.54) is 24.3 Å². The second kappa shape index (κ2) is 7.55. The highest BCUT2D eigenvalue weighted by molar-refractivity contribution is 6.33. The van der Waals surface area contributed by atoms with Crippen molar-refractivity contribution in [2.75, 3.05) is 5.32 Å². The second-order valence-electron chi connectivity index (χ2n) is 5.41. The number of rotatable bonds is 5. The predicted octanol–water partition coefficient (Wildman–Crippen LogP) is 4.40. The van der Waals surface area contributed by atoms with Gasteiger partial charge in [0, 0.05) is 28.9 Å². The minimum Gasteiger partial charge on any atom is -0.304 e. The summed E-state index contributed by atoms with van der Waals surface area (Å²) in [6, 6.07) is 12.5. The monoisotopic (exact) mass is 390 g/mol. The average molecular weight is 391 g/mol. The summed E-state index contributed by atoms with van der Waals surface area (Å²) in [6.45, 7) is 0.463. The molecule has 0 aliphatic heterocycles. The summed E-state index contributed by atoms with van der Waals surface area (Å²) >= 11 is 12.0. The van der Waals surface area contributed by atoms with Crippen LogP contribution in [-0.4, -0.2) is 20.6 Å². The third-order valence-corrected chi connectivity index (χ3v) is 4.08. The highest BCUT2D eigenvalue weighted by atomic mass is 35.5. The lowest BCUT2D eigenvalue weighted by atomic mass is 10.2. The maximum absolute atomic E-state index is 12.2. The molecule has 0 bridgehead atoms. The van der Waals surface area contributed by atoms with Crippen LogP contribution >= 0.6 is 23.2 Å². The quantitative estimate of drug-likeness (QED) is 0.516. The summed E-state index contributed by atoms with van der Waals surface area (Å²) in [7, 11) is 0. The molecular formula is C17H12Cl2N4O3. The van der Waals surface area contributed by atoms with E-state index in [0.717, 1.165) is 5.56 Å². The number of nitro benzene ring substituents is 1. The van der Waals surface area contributed by atoms with Crippen molar-refractivity contribution in [3.8, 4) is 0 Å². The van der Waals surface area contributed by atoms with E-state index < -0.39 is 10.8 Å². The van der Waals surface area contributed by atoms with Crippen LogP contribution in [0.2, 0.25) is 10.0 Å². The predicted molar refractivity (Wildman–Crippen MR) is 98.8 cm³/mol. The molecule has 3 aromatic rings. The van der Waals surface area contributed by atoms with Gasteiger partial charge in [0.2, 0.25) is 0 Å². The molecule has 0 atom stereocenters. The van der Waals surface area contributed by atoms with E-state index in [1.807, 2.05) is 12.1 Å². The molecular weight excluding hydrogens is 379 g/mol. The van der Waals surface area contributed by atoms with Crippen LogP contribution in [0.1, 0.15) is 15.9 Å². The number of nitrogens with zero attached hydrogens (tertiary/aromatic N) is 3. The largest absolute Gasteiger partial charge is 0.304 e. The minimum atomic E-state index is -0.531. The Kier molecular flexibility index (Phi) is 5.20. The molecule has 0 unspecified atom stereocenters. The van der Waals surface area contributed by atoms with Crippen molar-refractivity contribution in [2.45, 2.75) is 6.54 Å². The lowest BCUT2D eigenvalue weighted by molar-refractivity contribution is -0.384. The van der Waals surface area contributed by atoms with Crippen molar-refractivity contribution in [3.63, 3.8) is 0 Å². The highest BCUT2D eigenvalue weighted by Gasteiger charge is 2.14. The molecule has 7 nitrogen and oxygen atoms in total. The first-order chi connectivity index (χ1) is 12.4. The summed E-state index contributed by atoms with van der Waals surface area (Å²) < 4.78 is 1.59. The smallest absolute Gasteiger partial charge is 0.269 e. The zero-order chi connectivity index (χ0) is 18.7. The summed E-state index contributed by atoms with van der Waals surface area (Å²) in [5.74, 6) is -0.248. The van der Waals surface area contributed by atoms with Gasteiger partial charge in [-0.15, -0.1) is 0 Å². The molecule has 9 heteroatoms. The zero-order valence-corrected chi connectivity index (χ0v) is 14.7. The molecule has 0 radical (unpaired) electrons. The van der Waals surface area contributed by atoms with Gasteiger partial charge in [-0.25, -0.2) is 0 Å². The van der Waals surface area contributed by atoms with Crippen LogP contribution < -0.4 is 5.32 Å². The number of hydrogen-bond donors (Lipinski definition) is 1. The van der Waals surface area contributed by atoms with Gasteiger partial charge < -0.3 is 5.32 Å². The van der Waals surface area contributed by atoms with Crippen LogP contribution in [0.5, 0.6) is 0 Å². The number of carbonyl (C=O) groups is 1. The van der Waals surface area contributed by atoms with Gasteiger partial charge in [0.15, 0.2) is 5.82 Å². The van der Waals surface area contributed by atoms with Gasteiger partial charge in [-0.3, -0.25) is 19.6 Å². The van der Waals surface area contributed by atoms with Crippen LogP contribution in [0.4, 0.5) is 11.5 Å². The molecule has 0 saturated heterocycles. The Morgan fingerprint density at radius 2 is 1.77 bits per heavy atom. The summed E-state index contributed by atoms with van der Waals surface area (Å²) in [4.78, 5) is 22.4. The molecule has 0 saturated carbocycles. The SMILES string of the molecule is O=C(Nc1nn(Cc2ccc(Cl)cc2)cc1Cl)c1ccc([N+](=O)[O-])cc1. The molecule has 3 rings (SSSR count). The number of benzene rings is 2. The molecule has 0 aliphatic rings. The van der Waals surface area contributed by atoms with Crippen LogP contribution in [0.15, 0.2) is 54.7 Å². The standard InChI is InChI=1S/C17H12Cl2N4O3/c18-13-5-1-11(2-6-13)9-22-10-15(19)16(21-22)20-17(24)12-3-7-14(8-4-12)23(25)26/h1-8,10H,9H2,(H,20,21,24). The lowest BCUT2D eigenvalue weighted by Crippen LogP contribution is -2.13. The average Bonchev–Trinajstić information content (AvgIpc) is 2.96. The van der Waals surface area contributed by atoms with E-state index in [0.29, 0.717) is 11.6 Å². The van der Waals surface area contributed by atoms with E-state index in [4.69, 9.17) is 23.2 Å². The molecule has 2 aromatic carbocycles. The Labute approximate surface area is 158 Å². The molecule has 0 fully saturated rings. The van der Waals surface area contributed by atoms with E-state index >= 15 is 0 Å². The van der Waals surface area contributed by atoms with Crippen molar-refractivity contribution in [1.29, 1.82) is 0 Å². The first kappa shape index (κ1) is 17.9. The van der Waals surface area contributed by atoms with Crippen molar-refractivity contribution in [2.24, 2.45) is 0 Å². The van der Waals surface area contributed by atoms with E-state index in [9.17, 15) is 14.9 Å². The maximum atomic E-state index is 12.2. The van der Waals surface area contributed by atoms with Crippen LogP contribution in [0, 0.1) is 10.1 Å². The summed E-state index contributed by atoms with van der Waals surface area (Å²) in [5.41, 5.74) is 1.15. The number of carbonyl (C=O) groups excluding carboxylic acids is 1. The van der Waals surface area contributed by atoms with Crippen molar-refractivity contribution in [3.05, 3.63) is 86.0 Å². The number of hydrogen-bond acceptors (Lipinski definition) is 4. The van der Waals surface area contributed by atoms with Crippen LogP contribution in [-0.2, 0) is 6.54 Å². The molecule has 1 N–H and O–H groups in total. The van der Waals surface area contributed by atoms with Crippen molar-refractivity contribution >= 4 is 40.6 Å². The summed E-state index contributed by atoms with van der Waals surface area (Å²) in [6.07, 6.45) is 1.60. The number of aromatic nitrogens is 2. The first-order valence-electron chi connectivity index (χ1n) is 7.45. The molecule has 0 spiro atoms. The number of anilines is 1. The van der Waals surface area contributed by atoms with Crippen LogP contribution in [0.25, 0.3) is 0 Å². The van der Waals surface area contributed by atoms with Gasteiger partial charge in [-0.2, -0.15) is 5.10 Å². The van der Waals surface area contributed by atoms with Gasteiger partial charge in [-0.1, -0.05) is 35.3 Å². The fourth-order valence-electron chi connectivity index (χ4n) is 2.25. The number of non-ortho nitro benzene ring substituents is 1. The number of nitrogens with one attached hydrogen (secondary N) is 1. The highest BCUT2D eigenvalue weighted by Crippen LogP contribution is 2.21. The maximum Gasteiger partial charge on any atom is 0.269 e. The van der Waals surface area contributed by atoms with Gasteiger partial charge in [-0.05, 0) is 29.8 Å². The van der Waals surface area contributed by atoms with E-state index in [2.05, 4.69) is 10.4 Å². The number of amides is 1. The fraction of sp³-hybridized carbons (Fsp3) is 0.0588. The Balaban J connectivity index is 1.71. The Morgan fingerprint density at radius 3 is 2.38 bits per heavy atom. The third-order valence-electron chi connectivity index (χ3n) is 3.55. The third kappa shape index (κ3) is 4.19. The van der Waals surface area contributed by atoms with E-state index in [1.54, 1.807) is 23.0 Å². The molecule has 132 valence electrons. The van der Waals surface area contributed by atoms with Gasteiger partial charge in [0.1, 0.15) is 5.02 Å². The molecule has 1 amide bonds. The topological polar surface area (TPSA) is 90.1 Å². The fourth-order valence-corrected chi connectivity index (χ4v) is 2.58. The Bertz CT molecular complexity index is 953. The van der Waals surface area contributed by atoms with Gasteiger partial charge >= 0.3 is 0 Å². The zero-order valence-electron chi connectivity index (χ0n) is 13.2. The molecule has 1 aromatic heterocycles. The normalized spacial score (nSPS) is 10.5. The molecule has 1 heterocycles. The number of halogens is 2. The first-order valence-corrected chi connectivity index (χ1v) is 8.21. The van der Waals surface area contributed by atoms with E-state index in [-0.39, 0.29) is 22.1 Å². The lowest BCUT2D eigenvalue weighted by Gasteiger charge is -2.03. The molecule has 0 aliphatic carbocycles. The van der Waals surface area contributed by atoms with Gasteiger partial charge in [0.05, 0.1) is 11.5 Å². The van der Waals surface area contributed by atoms with Crippen molar-refractivity contribution < 1.29 is 9.72 Å². The molecule has 26 heavy (non-hydrogen) atoms. The van der Waals surface area contributed by atoms with Crippen LogP contribution in [0.3, 0.4) is 0 Å². The summed E-state index contributed by atoms with van der Waals surface area (Å²) in [5, 5.41) is 18.4. The van der Waals surface area contributed by atoms with Crippen molar-refractivity contribution in [1.82, 2.24) is 9.78 Å². The number of nitro groups is 1. The Hall–Kier alpha value is -2.90. The second-order valence-corrected chi connectivity index (χ2v) is 6.25.